The second kappa shape index (κ2) is 5.46. The number of hydrogen-bond donors (Lipinski definition) is 1. The van der Waals surface area contributed by atoms with Crippen LogP contribution in [-0.2, 0) is 6.54 Å². The van der Waals surface area contributed by atoms with Gasteiger partial charge in [0, 0.05) is 29.7 Å². The third kappa shape index (κ3) is 2.72. The first-order valence-electron chi connectivity index (χ1n) is 7.47. The van der Waals surface area contributed by atoms with Gasteiger partial charge in [-0.1, -0.05) is 0 Å². The van der Waals surface area contributed by atoms with Crippen LogP contribution in [0.15, 0.2) is 35.6 Å². The molecule has 5 heteroatoms. The Morgan fingerprint density at radius 3 is 3.10 bits per heavy atom. The van der Waals surface area contributed by atoms with E-state index < -0.39 is 0 Å². The zero-order chi connectivity index (χ0) is 14.2. The highest BCUT2D eigenvalue weighted by atomic mass is 32.2. The zero-order valence-electron chi connectivity index (χ0n) is 11.8. The van der Waals surface area contributed by atoms with Crippen LogP contribution in [0.4, 0.5) is 4.39 Å². The van der Waals surface area contributed by atoms with Crippen LogP contribution in [0, 0.1) is 5.82 Å². The van der Waals surface area contributed by atoms with Crippen molar-refractivity contribution in [2.45, 2.75) is 42.8 Å². The van der Waals surface area contributed by atoms with E-state index in [4.69, 9.17) is 0 Å². The van der Waals surface area contributed by atoms with Crippen LogP contribution in [0.25, 0.3) is 0 Å². The molecule has 1 aliphatic carbocycles. The highest BCUT2D eigenvalue weighted by Crippen LogP contribution is 2.37. The van der Waals surface area contributed by atoms with Crippen LogP contribution in [0.1, 0.15) is 42.6 Å². The maximum Gasteiger partial charge on any atom is 0.123 e. The predicted octanol–water partition coefficient (Wildman–Crippen LogP) is 3.68. The number of nitrogens with zero attached hydrogens (tertiary/aromatic N) is 2. The van der Waals surface area contributed by atoms with E-state index in [1.165, 1.54) is 23.4 Å². The molecule has 1 N–H and O–H groups in total. The molecule has 0 bridgehead atoms. The van der Waals surface area contributed by atoms with Gasteiger partial charge in [-0.25, -0.2) is 9.37 Å². The molecular formula is C16H18FN3S. The molecule has 1 saturated carbocycles. The standard InChI is InChI=1S/C16H18FN3S/c17-11-1-4-16-14(7-11)15(5-6-21-16)19-9-13-8-18-10-20(13)12-2-3-12/h1,4,7-8,10,12,15,19H,2-3,5-6,9H2. The quantitative estimate of drug-likeness (QED) is 0.934. The molecule has 1 aromatic carbocycles. The number of aromatic nitrogens is 2. The molecular weight excluding hydrogens is 285 g/mol. The third-order valence-corrected chi connectivity index (χ3v) is 5.35. The first-order valence-corrected chi connectivity index (χ1v) is 8.46. The average molecular weight is 303 g/mol. The van der Waals surface area contributed by atoms with Crippen LogP contribution < -0.4 is 5.32 Å². The molecule has 1 atom stereocenters. The Hall–Kier alpha value is -1.33. The molecule has 0 radical (unpaired) electrons. The summed E-state index contributed by atoms with van der Waals surface area (Å²) in [6.07, 6.45) is 7.43. The average Bonchev–Trinajstić information content (AvgIpc) is 3.24. The molecule has 0 spiro atoms. The van der Waals surface area contributed by atoms with Crippen molar-refractivity contribution in [1.29, 1.82) is 0 Å². The highest BCUT2D eigenvalue weighted by Gasteiger charge is 2.26. The summed E-state index contributed by atoms with van der Waals surface area (Å²) in [6.45, 7) is 0.793. The van der Waals surface area contributed by atoms with Crippen LogP contribution in [0.5, 0.6) is 0 Å². The minimum Gasteiger partial charge on any atom is -0.330 e. The van der Waals surface area contributed by atoms with Crippen molar-refractivity contribution in [3.63, 3.8) is 0 Å². The smallest absolute Gasteiger partial charge is 0.123 e. The molecule has 2 aromatic rings. The van der Waals surface area contributed by atoms with Crippen molar-refractivity contribution < 1.29 is 4.39 Å². The van der Waals surface area contributed by atoms with Crippen molar-refractivity contribution in [2.24, 2.45) is 0 Å². The van der Waals surface area contributed by atoms with E-state index in [9.17, 15) is 4.39 Å². The zero-order valence-corrected chi connectivity index (χ0v) is 12.6. The molecule has 21 heavy (non-hydrogen) atoms. The molecule has 3 nitrogen and oxygen atoms in total. The summed E-state index contributed by atoms with van der Waals surface area (Å²) < 4.78 is 15.8. The van der Waals surface area contributed by atoms with Gasteiger partial charge in [-0.05, 0) is 48.8 Å². The molecule has 2 heterocycles. The minimum atomic E-state index is -0.147. The van der Waals surface area contributed by atoms with Gasteiger partial charge in [-0.3, -0.25) is 0 Å². The largest absolute Gasteiger partial charge is 0.330 e. The lowest BCUT2D eigenvalue weighted by Crippen LogP contribution is -2.25. The van der Waals surface area contributed by atoms with Gasteiger partial charge in [0.2, 0.25) is 0 Å². The van der Waals surface area contributed by atoms with E-state index >= 15 is 0 Å². The number of imidazole rings is 1. The van der Waals surface area contributed by atoms with E-state index in [-0.39, 0.29) is 11.9 Å². The summed E-state index contributed by atoms with van der Waals surface area (Å²) >= 11 is 1.82. The van der Waals surface area contributed by atoms with Crippen molar-refractivity contribution in [3.05, 3.63) is 47.8 Å². The number of fused-ring (bicyclic) bond motifs is 1. The fraction of sp³-hybridized carbons (Fsp3) is 0.438. The summed E-state index contributed by atoms with van der Waals surface area (Å²) in [5.41, 5.74) is 2.33. The Morgan fingerprint density at radius 2 is 2.24 bits per heavy atom. The highest BCUT2D eigenvalue weighted by molar-refractivity contribution is 7.99. The lowest BCUT2D eigenvalue weighted by atomic mass is 10.0. The van der Waals surface area contributed by atoms with Crippen molar-refractivity contribution in [3.8, 4) is 0 Å². The number of nitrogens with one attached hydrogen (secondary N) is 1. The fourth-order valence-corrected chi connectivity index (χ4v) is 4.06. The molecule has 1 fully saturated rings. The maximum absolute atomic E-state index is 13.5. The topological polar surface area (TPSA) is 29.9 Å². The van der Waals surface area contributed by atoms with Crippen LogP contribution in [0.2, 0.25) is 0 Å². The van der Waals surface area contributed by atoms with Gasteiger partial charge >= 0.3 is 0 Å². The summed E-state index contributed by atoms with van der Waals surface area (Å²) in [6, 6.07) is 6.01. The maximum atomic E-state index is 13.5. The summed E-state index contributed by atoms with van der Waals surface area (Å²) in [4.78, 5) is 5.47. The van der Waals surface area contributed by atoms with Gasteiger partial charge in [-0.15, -0.1) is 11.8 Å². The first kappa shape index (κ1) is 13.3. The van der Waals surface area contributed by atoms with Gasteiger partial charge in [0.15, 0.2) is 0 Å². The van der Waals surface area contributed by atoms with E-state index in [1.807, 2.05) is 30.4 Å². The Kier molecular flexibility index (Phi) is 3.47. The normalized spacial score (nSPS) is 21.3. The number of rotatable bonds is 4. The van der Waals surface area contributed by atoms with Crippen molar-refractivity contribution in [2.75, 3.05) is 5.75 Å². The Balaban J connectivity index is 1.50. The molecule has 1 aromatic heterocycles. The van der Waals surface area contributed by atoms with Crippen LogP contribution in [-0.4, -0.2) is 15.3 Å². The minimum absolute atomic E-state index is 0.147. The van der Waals surface area contributed by atoms with Crippen molar-refractivity contribution >= 4 is 11.8 Å². The van der Waals surface area contributed by atoms with E-state index in [0.29, 0.717) is 6.04 Å². The lowest BCUT2D eigenvalue weighted by molar-refractivity contribution is 0.490. The fourth-order valence-electron chi connectivity index (χ4n) is 2.96. The third-order valence-electron chi connectivity index (χ3n) is 4.23. The van der Waals surface area contributed by atoms with Crippen LogP contribution >= 0.6 is 11.8 Å². The molecule has 1 aliphatic heterocycles. The second-order valence-electron chi connectivity index (χ2n) is 5.78. The van der Waals surface area contributed by atoms with Gasteiger partial charge in [0.25, 0.3) is 0 Å². The van der Waals surface area contributed by atoms with Gasteiger partial charge in [0.05, 0.1) is 12.0 Å². The van der Waals surface area contributed by atoms with Gasteiger partial charge < -0.3 is 9.88 Å². The molecule has 0 saturated heterocycles. The summed E-state index contributed by atoms with van der Waals surface area (Å²) in [5.74, 6) is 0.934. The second-order valence-corrected chi connectivity index (χ2v) is 6.91. The SMILES string of the molecule is Fc1ccc2c(c1)C(NCc1cncn1C1CC1)CCS2. The Bertz CT molecular complexity index is 651. The van der Waals surface area contributed by atoms with E-state index in [2.05, 4.69) is 14.9 Å². The summed E-state index contributed by atoms with van der Waals surface area (Å²) in [7, 11) is 0. The van der Waals surface area contributed by atoms with Gasteiger partial charge in [0.1, 0.15) is 5.82 Å². The molecule has 4 rings (SSSR count). The predicted molar refractivity (Wildman–Crippen MR) is 81.8 cm³/mol. The molecule has 110 valence electrons. The number of thioether (sulfide) groups is 1. The first-order chi connectivity index (χ1) is 10.3. The number of halogens is 1. The Labute approximate surface area is 128 Å². The molecule has 2 aliphatic rings. The van der Waals surface area contributed by atoms with Gasteiger partial charge in [-0.2, -0.15) is 0 Å². The number of benzene rings is 1. The molecule has 0 amide bonds. The lowest BCUT2D eigenvalue weighted by Gasteiger charge is -2.26. The monoisotopic (exact) mass is 303 g/mol. The summed E-state index contributed by atoms with van der Waals surface area (Å²) in [5, 5.41) is 3.59. The number of hydrogen-bond acceptors (Lipinski definition) is 3. The van der Waals surface area contributed by atoms with Crippen LogP contribution in [0.3, 0.4) is 0 Å². The van der Waals surface area contributed by atoms with Crippen molar-refractivity contribution in [1.82, 2.24) is 14.9 Å². The van der Waals surface area contributed by atoms with E-state index in [0.717, 1.165) is 24.3 Å². The van der Waals surface area contributed by atoms with E-state index in [1.54, 1.807) is 12.1 Å². The Morgan fingerprint density at radius 1 is 1.33 bits per heavy atom. The molecule has 1 unspecified atom stereocenters.